The lowest BCUT2D eigenvalue weighted by molar-refractivity contribution is -0.135. The minimum absolute atomic E-state index is 0.0503. The molecule has 0 bridgehead atoms. The standard InChI is InChI=1S/C13H25N3O4S/c1-3-4-6-16(21(2,19)20)7-5-13(18)15-10-8-14(12-17)9-11-15/h12H,3-11H2,1-2H3. The third kappa shape index (κ3) is 6.01. The number of nitrogens with zero attached hydrogens (tertiary/aromatic N) is 3. The fourth-order valence-corrected chi connectivity index (χ4v) is 3.12. The fraction of sp³-hybridized carbons (Fsp3) is 0.846. The van der Waals surface area contributed by atoms with Gasteiger partial charge in [0.25, 0.3) is 0 Å². The molecule has 0 saturated carbocycles. The lowest BCUT2D eigenvalue weighted by Crippen LogP contribution is -2.48. The Balaban J connectivity index is 2.44. The van der Waals surface area contributed by atoms with Gasteiger partial charge in [0.2, 0.25) is 22.3 Å². The molecular weight excluding hydrogens is 294 g/mol. The number of hydrogen-bond donors (Lipinski definition) is 0. The molecule has 0 aromatic rings. The van der Waals surface area contributed by atoms with Crippen molar-refractivity contribution >= 4 is 22.3 Å². The van der Waals surface area contributed by atoms with Crippen LogP contribution < -0.4 is 0 Å². The Kier molecular flexibility index (Phi) is 7.10. The zero-order chi connectivity index (χ0) is 15.9. The maximum absolute atomic E-state index is 12.1. The van der Waals surface area contributed by atoms with E-state index in [1.54, 1.807) is 9.80 Å². The van der Waals surface area contributed by atoms with Crippen LogP contribution in [0.3, 0.4) is 0 Å². The van der Waals surface area contributed by atoms with Gasteiger partial charge in [-0.15, -0.1) is 0 Å². The molecule has 7 nitrogen and oxygen atoms in total. The van der Waals surface area contributed by atoms with Gasteiger partial charge in [-0.2, -0.15) is 0 Å². The topological polar surface area (TPSA) is 78.0 Å². The summed E-state index contributed by atoms with van der Waals surface area (Å²) in [6.45, 7) is 4.81. The molecule has 0 radical (unpaired) electrons. The Bertz CT molecular complexity index is 444. The number of unbranched alkanes of at least 4 members (excludes halogenated alkanes) is 1. The number of hydrogen-bond acceptors (Lipinski definition) is 4. The molecule has 122 valence electrons. The van der Waals surface area contributed by atoms with E-state index in [1.807, 2.05) is 6.92 Å². The number of rotatable bonds is 8. The SMILES string of the molecule is CCCCN(CCC(=O)N1CCN(C=O)CC1)S(C)(=O)=O. The first-order valence-corrected chi connectivity index (χ1v) is 9.15. The van der Waals surface area contributed by atoms with Crippen LogP contribution in [0.15, 0.2) is 0 Å². The maximum atomic E-state index is 12.1. The van der Waals surface area contributed by atoms with Gasteiger partial charge in [-0.3, -0.25) is 9.59 Å². The molecule has 0 aliphatic carbocycles. The van der Waals surface area contributed by atoms with Crippen LogP contribution in [-0.4, -0.2) is 80.4 Å². The number of carbonyl (C=O) groups is 2. The van der Waals surface area contributed by atoms with E-state index in [9.17, 15) is 18.0 Å². The molecule has 1 heterocycles. The van der Waals surface area contributed by atoms with Crippen LogP contribution in [0.5, 0.6) is 0 Å². The Morgan fingerprint density at radius 2 is 1.81 bits per heavy atom. The summed E-state index contributed by atoms with van der Waals surface area (Å²) in [6.07, 6.45) is 3.86. The van der Waals surface area contributed by atoms with Crippen LogP contribution in [0, 0.1) is 0 Å². The van der Waals surface area contributed by atoms with Crippen molar-refractivity contribution in [2.75, 3.05) is 45.5 Å². The summed E-state index contributed by atoms with van der Waals surface area (Å²) < 4.78 is 24.7. The lowest BCUT2D eigenvalue weighted by Gasteiger charge is -2.33. The van der Waals surface area contributed by atoms with Crippen LogP contribution in [0.4, 0.5) is 0 Å². The van der Waals surface area contributed by atoms with Crippen molar-refractivity contribution < 1.29 is 18.0 Å². The summed E-state index contributed by atoms with van der Waals surface area (Å²) in [4.78, 5) is 26.0. The molecule has 1 saturated heterocycles. The molecular formula is C13H25N3O4S. The first-order valence-electron chi connectivity index (χ1n) is 7.30. The van der Waals surface area contributed by atoms with Crippen molar-refractivity contribution in [3.05, 3.63) is 0 Å². The quantitative estimate of drug-likeness (QED) is 0.578. The van der Waals surface area contributed by atoms with E-state index >= 15 is 0 Å². The van der Waals surface area contributed by atoms with Crippen LogP contribution in [-0.2, 0) is 19.6 Å². The summed E-state index contributed by atoms with van der Waals surface area (Å²) in [5.74, 6) is -0.0503. The van der Waals surface area contributed by atoms with Crippen molar-refractivity contribution in [1.29, 1.82) is 0 Å². The van der Waals surface area contributed by atoms with Gasteiger partial charge in [-0.25, -0.2) is 12.7 Å². The summed E-state index contributed by atoms with van der Waals surface area (Å²) >= 11 is 0. The highest BCUT2D eigenvalue weighted by atomic mass is 32.2. The van der Waals surface area contributed by atoms with E-state index in [4.69, 9.17) is 0 Å². The molecule has 0 unspecified atom stereocenters. The van der Waals surface area contributed by atoms with Gasteiger partial charge in [0, 0.05) is 45.7 Å². The van der Waals surface area contributed by atoms with Gasteiger partial charge in [0.05, 0.1) is 6.26 Å². The average molecular weight is 319 g/mol. The van der Waals surface area contributed by atoms with Gasteiger partial charge in [-0.05, 0) is 6.42 Å². The first-order chi connectivity index (χ1) is 9.88. The van der Waals surface area contributed by atoms with E-state index in [-0.39, 0.29) is 18.9 Å². The second-order valence-corrected chi connectivity index (χ2v) is 7.27. The van der Waals surface area contributed by atoms with Crippen molar-refractivity contribution in [2.24, 2.45) is 0 Å². The number of amides is 2. The summed E-state index contributed by atoms with van der Waals surface area (Å²) in [7, 11) is -3.27. The van der Waals surface area contributed by atoms with Crippen LogP contribution >= 0.6 is 0 Å². The van der Waals surface area contributed by atoms with Crippen molar-refractivity contribution in [3.8, 4) is 0 Å². The van der Waals surface area contributed by atoms with E-state index in [0.717, 1.165) is 19.3 Å². The smallest absolute Gasteiger partial charge is 0.224 e. The summed E-state index contributed by atoms with van der Waals surface area (Å²) in [5.41, 5.74) is 0. The Morgan fingerprint density at radius 3 is 2.29 bits per heavy atom. The van der Waals surface area contributed by atoms with Crippen molar-refractivity contribution in [2.45, 2.75) is 26.2 Å². The third-order valence-electron chi connectivity index (χ3n) is 3.62. The zero-order valence-corrected chi connectivity index (χ0v) is 13.6. The molecule has 1 rings (SSSR count). The summed E-state index contributed by atoms with van der Waals surface area (Å²) in [6, 6.07) is 0. The van der Waals surface area contributed by atoms with E-state index in [2.05, 4.69) is 0 Å². The predicted molar refractivity (Wildman–Crippen MR) is 80.2 cm³/mol. The molecule has 1 fully saturated rings. The molecule has 0 spiro atoms. The average Bonchev–Trinajstić information content (AvgIpc) is 2.45. The van der Waals surface area contributed by atoms with Gasteiger partial charge in [-0.1, -0.05) is 13.3 Å². The number of sulfonamides is 1. The largest absolute Gasteiger partial charge is 0.342 e. The normalized spacial score (nSPS) is 16.3. The molecule has 8 heteroatoms. The van der Waals surface area contributed by atoms with Gasteiger partial charge in [0.15, 0.2) is 0 Å². The molecule has 0 atom stereocenters. The minimum Gasteiger partial charge on any atom is -0.342 e. The fourth-order valence-electron chi connectivity index (χ4n) is 2.23. The molecule has 0 aromatic heterocycles. The maximum Gasteiger partial charge on any atom is 0.224 e. The van der Waals surface area contributed by atoms with Gasteiger partial charge >= 0.3 is 0 Å². The van der Waals surface area contributed by atoms with Crippen LogP contribution in [0.2, 0.25) is 0 Å². The van der Waals surface area contributed by atoms with Crippen LogP contribution in [0.25, 0.3) is 0 Å². The predicted octanol–water partition coefficient (Wildman–Crippen LogP) is -0.261. The monoisotopic (exact) mass is 319 g/mol. The lowest BCUT2D eigenvalue weighted by atomic mass is 10.2. The number of piperazine rings is 1. The van der Waals surface area contributed by atoms with E-state index < -0.39 is 10.0 Å². The second kappa shape index (κ2) is 8.33. The molecule has 0 aromatic carbocycles. The van der Waals surface area contributed by atoms with Gasteiger partial charge < -0.3 is 9.80 Å². The van der Waals surface area contributed by atoms with E-state index in [0.29, 0.717) is 32.7 Å². The van der Waals surface area contributed by atoms with Crippen molar-refractivity contribution in [1.82, 2.24) is 14.1 Å². The zero-order valence-electron chi connectivity index (χ0n) is 12.8. The molecule has 1 aliphatic rings. The highest BCUT2D eigenvalue weighted by molar-refractivity contribution is 7.88. The first kappa shape index (κ1) is 17.9. The van der Waals surface area contributed by atoms with Crippen LogP contribution in [0.1, 0.15) is 26.2 Å². The molecule has 21 heavy (non-hydrogen) atoms. The van der Waals surface area contributed by atoms with E-state index in [1.165, 1.54) is 10.6 Å². The Hall–Kier alpha value is -1.15. The Labute approximate surface area is 126 Å². The van der Waals surface area contributed by atoms with Gasteiger partial charge in [0.1, 0.15) is 0 Å². The highest BCUT2D eigenvalue weighted by Gasteiger charge is 2.22. The Morgan fingerprint density at radius 1 is 1.19 bits per heavy atom. The second-order valence-electron chi connectivity index (χ2n) is 5.29. The van der Waals surface area contributed by atoms with Crippen molar-refractivity contribution in [3.63, 3.8) is 0 Å². The summed E-state index contributed by atoms with van der Waals surface area (Å²) in [5, 5.41) is 0. The third-order valence-corrected chi connectivity index (χ3v) is 4.92. The highest BCUT2D eigenvalue weighted by Crippen LogP contribution is 2.06. The molecule has 2 amide bonds. The molecule has 1 aliphatic heterocycles. The molecule has 0 N–H and O–H groups in total. The number of carbonyl (C=O) groups excluding carboxylic acids is 2. The minimum atomic E-state index is -3.27.